The molecular weight excluding hydrogens is 380 g/mol. The van der Waals surface area contributed by atoms with Gasteiger partial charge in [-0.2, -0.15) is 0 Å². The molecule has 0 radical (unpaired) electrons. The Balaban J connectivity index is 1.60. The van der Waals surface area contributed by atoms with Crippen LogP contribution in [0.15, 0.2) is 28.8 Å². The van der Waals surface area contributed by atoms with Crippen molar-refractivity contribution in [1.82, 2.24) is 29.6 Å². The third kappa shape index (κ3) is 5.01. The van der Waals surface area contributed by atoms with Gasteiger partial charge in [-0.15, -0.1) is 10.2 Å². The Bertz CT molecular complexity index is 744. The number of nitrogens with zero attached hydrogens (tertiary/aromatic N) is 6. The molecule has 1 amide bonds. The largest absolute Gasteiger partial charge is 0.337 e. The van der Waals surface area contributed by atoms with Crippen molar-refractivity contribution in [2.24, 2.45) is 0 Å². The SMILES string of the molecule is CCn1c(CSc2ncccn2)nnc1SCC(=O)N1C(C)CCCC1C. The number of hydrogen-bond acceptors (Lipinski definition) is 7. The van der Waals surface area contributed by atoms with Crippen molar-refractivity contribution in [1.29, 1.82) is 0 Å². The molecule has 27 heavy (non-hydrogen) atoms. The van der Waals surface area contributed by atoms with Crippen LogP contribution in [0, 0.1) is 0 Å². The molecule has 3 rings (SSSR count). The van der Waals surface area contributed by atoms with Crippen LogP contribution in [0.4, 0.5) is 0 Å². The third-order valence-electron chi connectivity index (χ3n) is 4.79. The summed E-state index contributed by atoms with van der Waals surface area (Å²) in [7, 11) is 0. The molecule has 1 aliphatic rings. The number of thioether (sulfide) groups is 2. The van der Waals surface area contributed by atoms with Gasteiger partial charge in [0.2, 0.25) is 5.91 Å². The molecule has 0 N–H and O–H groups in total. The minimum absolute atomic E-state index is 0.193. The first-order valence-corrected chi connectivity index (χ1v) is 11.3. The molecule has 0 spiro atoms. The van der Waals surface area contributed by atoms with Crippen LogP contribution >= 0.6 is 23.5 Å². The highest BCUT2D eigenvalue weighted by atomic mass is 32.2. The third-order valence-corrected chi connectivity index (χ3v) is 6.61. The van der Waals surface area contributed by atoms with Crippen LogP contribution < -0.4 is 0 Å². The normalized spacial score (nSPS) is 20.0. The van der Waals surface area contributed by atoms with E-state index in [1.807, 2.05) is 4.90 Å². The molecule has 1 aliphatic heterocycles. The van der Waals surface area contributed by atoms with Gasteiger partial charge in [-0.25, -0.2) is 9.97 Å². The zero-order valence-electron chi connectivity index (χ0n) is 16.0. The van der Waals surface area contributed by atoms with Gasteiger partial charge >= 0.3 is 0 Å². The summed E-state index contributed by atoms with van der Waals surface area (Å²) in [5.41, 5.74) is 0. The van der Waals surface area contributed by atoms with Crippen molar-refractivity contribution >= 4 is 29.4 Å². The second-order valence-corrected chi connectivity index (χ2v) is 8.57. The van der Waals surface area contributed by atoms with Gasteiger partial charge in [-0.05, 0) is 46.1 Å². The van der Waals surface area contributed by atoms with E-state index in [-0.39, 0.29) is 5.91 Å². The van der Waals surface area contributed by atoms with Gasteiger partial charge in [0.05, 0.1) is 11.5 Å². The van der Waals surface area contributed by atoms with E-state index in [2.05, 4.69) is 45.5 Å². The summed E-state index contributed by atoms with van der Waals surface area (Å²) < 4.78 is 2.07. The smallest absolute Gasteiger partial charge is 0.233 e. The first-order chi connectivity index (χ1) is 13.1. The van der Waals surface area contributed by atoms with E-state index >= 15 is 0 Å². The summed E-state index contributed by atoms with van der Waals surface area (Å²) >= 11 is 3.01. The first-order valence-electron chi connectivity index (χ1n) is 9.36. The van der Waals surface area contributed by atoms with Gasteiger partial charge in [0.1, 0.15) is 5.82 Å². The highest BCUT2D eigenvalue weighted by Gasteiger charge is 2.29. The molecule has 2 atom stereocenters. The van der Waals surface area contributed by atoms with Gasteiger partial charge in [-0.1, -0.05) is 23.5 Å². The molecule has 1 fully saturated rings. The van der Waals surface area contributed by atoms with E-state index in [0.29, 0.717) is 23.6 Å². The Kier molecular flexibility index (Phi) is 7.12. The number of rotatable bonds is 7. The number of likely N-dealkylation sites (tertiary alicyclic amines) is 1. The fourth-order valence-electron chi connectivity index (χ4n) is 3.45. The number of carbonyl (C=O) groups is 1. The number of hydrogen-bond donors (Lipinski definition) is 0. The van der Waals surface area contributed by atoms with Crippen molar-refractivity contribution in [3.05, 3.63) is 24.3 Å². The van der Waals surface area contributed by atoms with E-state index < -0.39 is 0 Å². The van der Waals surface area contributed by atoms with Crippen LogP contribution in [0.3, 0.4) is 0 Å². The predicted molar refractivity (Wildman–Crippen MR) is 108 cm³/mol. The molecule has 9 heteroatoms. The summed E-state index contributed by atoms with van der Waals surface area (Å²) in [6.45, 7) is 7.13. The monoisotopic (exact) mass is 406 g/mol. The Labute approximate surface area is 168 Å². The quantitative estimate of drug-likeness (QED) is 0.516. The van der Waals surface area contributed by atoms with Crippen molar-refractivity contribution < 1.29 is 4.79 Å². The Hall–Kier alpha value is -1.61. The molecule has 0 aliphatic carbocycles. The van der Waals surface area contributed by atoms with Gasteiger partial charge < -0.3 is 9.47 Å². The maximum absolute atomic E-state index is 12.7. The topological polar surface area (TPSA) is 76.8 Å². The van der Waals surface area contributed by atoms with Gasteiger partial charge in [0.15, 0.2) is 10.3 Å². The first kappa shape index (κ1) is 20.1. The molecule has 1 saturated heterocycles. The maximum Gasteiger partial charge on any atom is 0.233 e. The zero-order valence-corrected chi connectivity index (χ0v) is 17.7. The molecule has 2 aromatic rings. The van der Waals surface area contributed by atoms with E-state index in [9.17, 15) is 4.79 Å². The lowest BCUT2D eigenvalue weighted by molar-refractivity contribution is -0.134. The van der Waals surface area contributed by atoms with Crippen LogP contribution in [-0.4, -0.2) is 53.4 Å². The summed E-state index contributed by atoms with van der Waals surface area (Å²) in [6.07, 6.45) is 6.85. The summed E-state index contributed by atoms with van der Waals surface area (Å²) in [6, 6.07) is 2.45. The maximum atomic E-state index is 12.7. The lowest BCUT2D eigenvalue weighted by Gasteiger charge is -2.39. The van der Waals surface area contributed by atoms with Gasteiger partial charge in [0.25, 0.3) is 0 Å². The van der Waals surface area contributed by atoms with Crippen molar-refractivity contribution in [2.75, 3.05) is 5.75 Å². The Morgan fingerprint density at radius 1 is 1.15 bits per heavy atom. The standard InChI is InChI=1S/C18H26N6OS2/c1-4-23-15(11-26-17-19-9-6-10-20-17)21-22-18(23)27-12-16(25)24-13(2)7-5-8-14(24)3/h6,9-10,13-14H,4-5,7-8,11-12H2,1-3H3. The average molecular weight is 407 g/mol. The highest BCUT2D eigenvalue weighted by Crippen LogP contribution is 2.26. The molecule has 7 nitrogen and oxygen atoms in total. The van der Waals surface area contributed by atoms with Crippen LogP contribution in [0.5, 0.6) is 0 Å². The van der Waals surface area contributed by atoms with E-state index in [1.165, 1.54) is 29.9 Å². The number of amides is 1. The molecule has 0 bridgehead atoms. The number of aromatic nitrogens is 5. The highest BCUT2D eigenvalue weighted by molar-refractivity contribution is 7.99. The van der Waals surface area contributed by atoms with Crippen LogP contribution in [0.2, 0.25) is 0 Å². The number of piperidine rings is 1. The lowest BCUT2D eigenvalue weighted by atomic mass is 9.98. The molecular formula is C18H26N6OS2. The molecule has 0 saturated carbocycles. The Morgan fingerprint density at radius 3 is 2.52 bits per heavy atom. The van der Waals surface area contributed by atoms with Crippen molar-refractivity contribution in [3.8, 4) is 0 Å². The van der Waals surface area contributed by atoms with Gasteiger partial charge in [-0.3, -0.25) is 4.79 Å². The fraction of sp³-hybridized carbons (Fsp3) is 0.611. The van der Waals surface area contributed by atoms with E-state index in [4.69, 9.17) is 0 Å². The summed E-state index contributed by atoms with van der Waals surface area (Å²) in [5.74, 6) is 2.13. The minimum Gasteiger partial charge on any atom is -0.337 e. The second-order valence-electron chi connectivity index (χ2n) is 6.68. The van der Waals surface area contributed by atoms with E-state index in [1.54, 1.807) is 18.5 Å². The molecule has 146 valence electrons. The molecule has 2 unspecified atom stereocenters. The second kappa shape index (κ2) is 9.54. The number of carbonyl (C=O) groups excluding carboxylic acids is 1. The van der Waals surface area contributed by atoms with E-state index in [0.717, 1.165) is 35.5 Å². The average Bonchev–Trinajstić information content (AvgIpc) is 3.07. The fourth-order valence-corrected chi connectivity index (χ4v) is 5.09. The van der Waals surface area contributed by atoms with Crippen LogP contribution in [0.1, 0.15) is 45.9 Å². The summed E-state index contributed by atoms with van der Waals surface area (Å²) in [5, 5.41) is 10.1. The zero-order chi connectivity index (χ0) is 19.2. The van der Waals surface area contributed by atoms with Crippen LogP contribution in [-0.2, 0) is 17.1 Å². The predicted octanol–water partition coefficient (Wildman–Crippen LogP) is 3.26. The lowest BCUT2D eigenvalue weighted by Crippen LogP contribution is -2.48. The summed E-state index contributed by atoms with van der Waals surface area (Å²) in [4.78, 5) is 23.2. The molecule has 2 aromatic heterocycles. The van der Waals surface area contributed by atoms with Crippen molar-refractivity contribution in [2.45, 2.75) is 74.7 Å². The minimum atomic E-state index is 0.193. The van der Waals surface area contributed by atoms with Crippen LogP contribution in [0.25, 0.3) is 0 Å². The van der Waals surface area contributed by atoms with Crippen molar-refractivity contribution in [3.63, 3.8) is 0 Å². The molecule has 3 heterocycles. The molecule has 0 aromatic carbocycles. The van der Waals surface area contributed by atoms with Gasteiger partial charge in [0, 0.05) is 31.0 Å². The Morgan fingerprint density at radius 2 is 1.85 bits per heavy atom.